The Bertz CT molecular complexity index is 994. The van der Waals surface area contributed by atoms with Crippen LogP contribution in [-0.4, -0.2) is 22.6 Å². The third-order valence-electron chi connectivity index (χ3n) is 4.40. The number of carbonyl (C=O) groups excluding carboxylic acids is 1. The summed E-state index contributed by atoms with van der Waals surface area (Å²) in [4.78, 5) is 23.9. The summed E-state index contributed by atoms with van der Waals surface area (Å²) >= 11 is 3.30. The van der Waals surface area contributed by atoms with Crippen molar-refractivity contribution in [3.63, 3.8) is 0 Å². The topological polar surface area (TPSA) is 82.6 Å². The van der Waals surface area contributed by atoms with E-state index >= 15 is 0 Å². The molecule has 146 valence electrons. The number of alkyl halides is 1. The highest BCUT2D eigenvalue weighted by molar-refractivity contribution is 9.09. The molecule has 0 unspecified atom stereocenters. The average Bonchev–Trinajstić information content (AvgIpc) is 3.07. The number of nitro groups is 1. The molecule has 0 aliphatic rings. The number of benzene rings is 2. The number of ether oxygens (including phenoxy) is 1. The van der Waals surface area contributed by atoms with Crippen molar-refractivity contribution in [2.45, 2.75) is 26.2 Å². The second-order valence-electron chi connectivity index (χ2n) is 6.33. The van der Waals surface area contributed by atoms with Crippen molar-refractivity contribution < 1.29 is 18.9 Å². The van der Waals surface area contributed by atoms with E-state index in [1.807, 2.05) is 0 Å². The predicted octanol–water partition coefficient (Wildman–Crippen LogP) is 5.69. The molecule has 2 aromatic carbocycles. The number of aryl methyl sites for hydroxylation is 1. The van der Waals surface area contributed by atoms with Gasteiger partial charge >= 0.3 is 0 Å². The third-order valence-corrected chi connectivity index (χ3v) is 4.73. The van der Waals surface area contributed by atoms with Crippen LogP contribution in [0, 0.1) is 10.1 Å². The fourth-order valence-electron chi connectivity index (χ4n) is 3.02. The molecule has 6 nitrogen and oxygen atoms in total. The van der Waals surface area contributed by atoms with Crippen LogP contribution in [0.1, 0.15) is 41.4 Å². The number of unbranched alkanes of at least 4 members (excludes halogenated alkanes) is 1. The van der Waals surface area contributed by atoms with Crippen molar-refractivity contribution in [1.29, 1.82) is 0 Å². The zero-order chi connectivity index (χ0) is 20.1. The quantitative estimate of drug-likeness (QED) is 0.183. The lowest BCUT2D eigenvalue weighted by atomic mass is 9.98. The first kappa shape index (κ1) is 20.1. The summed E-state index contributed by atoms with van der Waals surface area (Å²) in [6.45, 7) is 2.59. The monoisotopic (exact) mass is 445 g/mol. The first-order valence-corrected chi connectivity index (χ1v) is 10.2. The van der Waals surface area contributed by atoms with Gasteiger partial charge in [-0.25, -0.2) is 0 Å². The standard InChI is InChI=1S/C21H20BrNO5/c1-2-3-4-19-20(17-13-15(23(25)26)7-10-18(17)28-19)21(24)14-5-8-16(9-6-14)27-12-11-22/h5-10,13H,2-4,11-12H2,1H3. The summed E-state index contributed by atoms with van der Waals surface area (Å²) in [5, 5.41) is 12.4. The van der Waals surface area contributed by atoms with Crippen LogP contribution in [0.25, 0.3) is 11.0 Å². The molecule has 0 aliphatic carbocycles. The lowest BCUT2D eigenvalue weighted by Crippen LogP contribution is -2.05. The van der Waals surface area contributed by atoms with Gasteiger partial charge in [0.25, 0.3) is 5.69 Å². The maximum atomic E-state index is 13.2. The lowest BCUT2D eigenvalue weighted by Gasteiger charge is -2.06. The smallest absolute Gasteiger partial charge is 0.270 e. The van der Waals surface area contributed by atoms with Crippen molar-refractivity contribution in [3.8, 4) is 5.75 Å². The van der Waals surface area contributed by atoms with E-state index in [1.165, 1.54) is 12.1 Å². The number of halogens is 1. The van der Waals surface area contributed by atoms with E-state index in [0.717, 1.165) is 12.8 Å². The number of ketones is 1. The van der Waals surface area contributed by atoms with Gasteiger partial charge in [0.2, 0.25) is 0 Å². The summed E-state index contributed by atoms with van der Waals surface area (Å²) in [6, 6.07) is 11.2. The molecular weight excluding hydrogens is 426 g/mol. The number of fused-ring (bicyclic) bond motifs is 1. The summed E-state index contributed by atoms with van der Waals surface area (Å²) < 4.78 is 11.4. The number of carbonyl (C=O) groups is 1. The minimum atomic E-state index is -0.470. The second kappa shape index (κ2) is 9.01. The molecule has 1 heterocycles. The van der Waals surface area contributed by atoms with Gasteiger partial charge in [0.1, 0.15) is 17.1 Å². The normalized spacial score (nSPS) is 10.9. The van der Waals surface area contributed by atoms with Crippen LogP contribution in [0.15, 0.2) is 46.9 Å². The Kier molecular flexibility index (Phi) is 6.46. The molecule has 1 aromatic heterocycles. The SMILES string of the molecule is CCCCc1oc2ccc([N+](=O)[O-])cc2c1C(=O)c1ccc(OCCBr)cc1. The number of rotatable bonds is 9. The third kappa shape index (κ3) is 4.25. The molecule has 3 aromatic rings. The molecule has 28 heavy (non-hydrogen) atoms. The van der Waals surface area contributed by atoms with E-state index in [2.05, 4.69) is 22.9 Å². The molecule has 0 radical (unpaired) electrons. The Hall–Kier alpha value is -2.67. The number of hydrogen-bond donors (Lipinski definition) is 0. The second-order valence-corrected chi connectivity index (χ2v) is 7.13. The molecule has 0 aliphatic heterocycles. The molecular formula is C21H20BrNO5. The van der Waals surface area contributed by atoms with Crippen LogP contribution in [0.3, 0.4) is 0 Å². The molecule has 3 rings (SSSR count). The Labute approximate surface area is 170 Å². The summed E-state index contributed by atoms with van der Waals surface area (Å²) in [7, 11) is 0. The summed E-state index contributed by atoms with van der Waals surface area (Å²) in [5.74, 6) is 1.04. The van der Waals surface area contributed by atoms with Gasteiger partial charge in [0.15, 0.2) is 5.78 Å². The Balaban J connectivity index is 2.04. The van der Waals surface area contributed by atoms with Crippen molar-refractivity contribution in [3.05, 3.63) is 69.5 Å². The molecule has 0 amide bonds. The first-order valence-electron chi connectivity index (χ1n) is 9.08. The number of furan rings is 1. The fourth-order valence-corrected chi connectivity index (χ4v) is 3.18. The Morgan fingerprint density at radius 3 is 2.61 bits per heavy atom. The van der Waals surface area contributed by atoms with Gasteiger partial charge in [-0.3, -0.25) is 14.9 Å². The van der Waals surface area contributed by atoms with E-state index in [9.17, 15) is 14.9 Å². The van der Waals surface area contributed by atoms with Crippen molar-refractivity contribution in [1.82, 2.24) is 0 Å². The van der Waals surface area contributed by atoms with Crippen molar-refractivity contribution in [2.24, 2.45) is 0 Å². The summed E-state index contributed by atoms with van der Waals surface area (Å²) in [5.41, 5.74) is 1.31. The highest BCUT2D eigenvalue weighted by atomic mass is 79.9. The van der Waals surface area contributed by atoms with Crippen LogP contribution < -0.4 is 4.74 Å². The number of nitro benzene ring substituents is 1. The number of nitrogens with zero attached hydrogens (tertiary/aromatic N) is 1. The molecule has 0 saturated heterocycles. The molecule has 0 bridgehead atoms. The van der Waals surface area contributed by atoms with Crippen LogP contribution >= 0.6 is 15.9 Å². The lowest BCUT2D eigenvalue weighted by molar-refractivity contribution is -0.384. The van der Waals surface area contributed by atoms with Gasteiger partial charge in [-0.1, -0.05) is 29.3 Å². The van der Waals surface area contributed by atoms with Gasteiger partial charge in [-0.15, -0.1) is 0 Å². The van der Waals surface area contributed by atoms with Gasteiger partial charge in [-0.2, -0.15) is 0 Å². The van der Waals surface area contributed by atoms with Crippen molar-refractivity contribution in [2.75, 3.05) is 11.9 Å². The van der Waals surface area contributed by atoms with Gasteiger partial charge in [-0.05, 0) is 36.8 Å². The van der Waals surface area contributed by atoms with Crippen LogP contribution in [0.2, 0.25) is 0 Å². The van der Waals surface area contributed by atoms with E-state index in [0.29, 0.717) is 52.0 Å². The van der Waals surface area contributed by atoms with Crippen LogP contribution in [-0.2, 0) is 6.42 Å². The van der Waals surface area contributed by atoms with E-state index < -0.39 is 4.92 Å². The molecule has 0 spiro atoms. The minimum Gasteiger partial charge on any atom is -0.493 e. The molecule has 0 saturated carbocycles. The number of hydrogen-bond acceptors (Lipinski definition) is 5. The van der Waals surface area contributed by atoms with Crippen LogP contribution in [0.4, 0.5) is 5.69 Å². The van der Waals surface area contributed by atoms with Gasteiger partial charge in [0.05, 0.1) is 17.1 Å². The minimum absolute atomic E-state index is 0.0667. The molecule has 0 fully saturated rings. The van der Waals surface area contributed by atoms with Gasteiger partial charge < -0.3 is 9.15 Å². The van der Waals surface area contributed by atoms with Crippen molar-refractivity contribution >= 4 is 38.4 Å². The predicted molar refractivity (Wildman–Crippen MR) is 111 cm³/mol. The maximum Gasteiger partial charge on any atom is 0.270 e. The highest BCUT2D eigenvalue weighted by Gasteiger charge is 2.23. The zero-order valence-corrected chi connectivity index (χ0v) is 17.0. The van der Waals surface area contributed by atoms with Gasteiger partial charge in [0, 0.05) is 34.8 Å². The number of non-ortho nitro benzene ring substituents is 1. The first-order chi connectivity index (χ1) is 13.5. The molecule has 7 heteroatoms. The van der Waals surface area contributed by atoms with E-state index in [-0.39, 0.29) is 11.5 Å². The molecule has 0 N–H and O–H groups in total. The Morgan fingerprint density at radius 1 is 1.21 bits per heavy atom. The van der Waals surface area contributed by atoms with Crippen LogP contribution in [0.5, 0.6) is 5.75 Å². The fraction of sp³-hybridized carbons (Fsp3) is 0.286. The highest BCUT2D eigenvalue weighted by Crippen LogP contribution is 2.32. The van der Waals surface area contributed by atoms with E-state index in [1.54, 1.807) is 30.3 Å². The molecule has 0 atom stereocenters. The summed E-state index contributed by atoms with van der Waals surface area (Å²) in [6.07, 6.45) is 2.42. The Morgan fingerprint density at radius 2 is 1.96 bits per heavy atom. The zero-order valence-electron chi connectivity index (χ0n) is 15.4. The maximum absolute atomic E-state index is 13.2. The van der Waals surface area contributed by atoms with E-state index in [4.69, 9.17) is 9.15 Å². The average molecular weight is 446 g/mol. The largest absolute Gasteiger partial charge is 0.493 e.